The van der Waals surface area contributed by atoms with Crippen molar-refractivity contribution in [3.63, 3.8) is 0 Å². The molecule has 0 amide bonds. The molecule has 0 aromatic heterocycles. The maximum Gasteiger partial charge on any atom is 0.258 e. The topological polar surface area (TPSA) is 58.7 Å². The summed E-state index contributed by atoms with van der Waals surface area (Å²) in [7, 11) is 0. The Morgan fingerprint density at radius 1 is 1.27 bits per heavy atom. The molecule has 15 heavy (non-hydrogen) atoms. The molecule has 2 fully saturated rings. The number of rotatable bonds is 2. The Hall–Kier alpha value is -0.860. The lowest BCUT2D eigenvalue weighted by Gasteiger charge is -2.41. The van der Waals surface area contributed by atoms with E-state index in [1.807, 2.05) is 0 Å². The van der Waals surface area contributed by atoms with Crippen molar-refractivity contribution < 1.29 is 4.79 Å². The summed E-state index contributed by atoms with van der Waals surface area (Å²) in [5.74, 6) is 0.694. The molecule has 0 bridgehead atoms. The van der Waals surface area contributed by atoms with E-state index in [0.29, 0.717) is 5.92 Å². The molecule has 1 heterocycles. The molecular weight excluding hydrogens is 190 g/mol. The van der Waals surface area contributed by atoms with Gasteiger partial charge in [0.05, 0.1) is 0 Å². The van der Waals surface area contributed by atoms with Gasteiger partial charge in [-0.3, -0.25) is 5.01 Å². The number of carbonyl (C=O) groups excluding carboxylic acids is 1. The van der Waals surface area contributed by atoms with Crippen LogP contribution >= 0.6 is 0 Å². The van der Waals surface area contributed by atoms with Crippen molar-refractivity contribution in [1.82, 2.24) is 5.01 Å². The number of nitrogens with zero attached hydrogens (tertiary/aromatic N) is 2. The summed E-state index contributed by atoms with van der Waals surface area (Å²) in [6.45, 7) is 1.62. The average Bonchev–Trinajstić information content (AvgIpc) is 2.76. The van der Waals surface area contributed by atoms with Crippen LogP contribution in [-0.2, 0) is 4.79 Å². The molecule has 1 aliphatic heterocycles. The zero-order valence-electron chi connectivity index (χ0n) is 9.11. The van der Waals surface area contributed by atoms with Gasteiger partial charge in [0.2, 0.25) is 0 Å². The van der Waals surface area contributed by atoms with Gasteiger partial charge in [-0.1, -0.05) is 17.9 Å². The SMILES string of the molecule is NC1(C2CCCC2)CCN(N=C=O)CC1. The summed E-state index contributed by atoms with van der Waals surface area (Å²) >= 11 is 0. The predicted molar refractivity (Wildman–Crippen MR) is 57.8 cm³/mol. The van der Waals surface area contributed by atoms with Crippen LogP contribution in [0.4, 0.5) is 0 Å². The van der Waals surface area contributed by atoms with Gasteiger partial charge in [0.25, 0.3) is 6.08 Å². The van der Waals surface area contributed by atoms with E-state index < -0.39 is 0 Å². The van der Waals surface area contributed by atoms with Crippen molar-refractivity contribution in [3.05, 3.63) is 0 Å². The van der Waals surface area contributed by atoms with Crippen LogP contribution in [0.5, 0.6) is 0 Å². The van der Waals surface area contributed by atoms with E-state index in [4.69, 9.17) is 5.73 Å². The van der Waals surface area contributed by atoms with Crippen molar-refractivity contribution in [2.24, 2.45) is 16.8 Å². The van der Waals surface area contributed by atoms with Crippen molar-refractivity contribution in [2.75, 3.05) is 13.1 Å². The highest BCUT2D eigenvalue weighted by atomic mass is 16.1. The zero-order chi connectivity index (χ0) is 10.7. The van der Waals surface area contributed by atoms with Crippen LogP contribution in [0.25, 0.3) is 0 Å². The molecule has 2 N–H and O–H groups in total. The molecule has 0 aromatic rings. The molecule has 0 aromatic carbocycles. The summed E-state index contributed by atoms with van der Waals surface area (Å²) in [5, 5.41) is 5.43. The van der Waals surface area contributed by atoms with Gasteiger partial charge in [-0.15, -0.1) is 0 Å². The van der Waals surface area contributed by atoms with Crippen LogP contribution in [0, 0.1) is 5.92 Å². The number of hydrazone groups is 1. The fraction of sp³-hybridized carbons (Fsp3) is 0.909. The smallest absolute Gasteiger partial charge is 0.258 e. The fourth-order valence-corrected chi connectivity index (χ4v) is 2.98. The minimum absolute atomic E-state index is 0.00536. The molecule has 0 atom stereocenters. The number of nitrogens with two attached hydrogens (primary N) is 1. The van der Waals surface area contributed by atoms with Crippen LogP contribution in [0.3, 0.4) is 0 Å². The van der Waals surface area contributed by atoms with E-state index in [0.717, 1.165) is 25.9 Å². The molecule has 84 valence electrons. The van der Waals surface area contributed by atoms with E-state index in [-0.39, 0.29) is 5.54 Å². The van der Waals surface area contributed by atoms with Gasteiger partial charge in [0.1, 0.15) is 0 Å². The van der Waals surface area contributed by atoms with Gasteiger partial charge >= 0.3 is 0 Å². The Kier molecular flexibility index (Phi) is 3.08. The van der Waals surface area contributed by atoms with Crippen molar-refractivity contribution >= 4 is 6.08 Å². The largest absolute Gasteiger partial charge is 0.325 e. The van der Waals surface area contributed by atoms with Gasteiger partial charge in [-0.05, 0) is 31.6 Å². The third-order valence-corrected chi connectivity index (χ3v) is 4.02. The second kappa shape index (κ2) is 4.33. The van der Waals surface area contributed by atoms with E-state index >= 15 is 0 Å². The maximum atomic E-state index is 10.1. The molecule has 0 unspecified atom stereocenters. The summed E-state index contributed by atoms with van der Waals surface area (Å²) in [6, 6.07) is 0. The standard InChI is InChI=1S/C11H19N3O/c12-11(10-3-1-2-4-10)5-7-14(8-6-11)13-9-15/h10H,1-8,12H2. The average molecular weight is 209 g/mol. The molecule has 0 radical (unpaired) electrons. The Labute approximate surface area is 90.5 Å². The lowest BCUT2D eigenvalue weighted by atomic mass is 9.76. The van der Waals surface area contributed by atoms with Crippen molar-refractivity contribution in [1.29, 1.82) is 0 Å². The highest BCUT2D eigenvalue weighted by molar-refractivity contribution is 5.32. The van der Waals surface area contributed by atoms with Crippen LogP contribution in [-0.4, -0.2) is 29.7 Å². The molecular formula is C11H19N3O. The molecule has 2 aliphatic rings. The minimum Gasteiger partial charge on any atom is -0.325 e. The molecule has 1 saturated carbocycles. The zero-order valence-corrected chi connectivity index (χ0v) is 9.11. The number of hydrogen-bond acceptors (Lipinski definition) is 4. The van der Waals surface area contributed by atoms with E-state index in [1.54, 1.807) is 11.1 Å². The number of piperidine rings is 1. The lowest BCUT2D eigenvalue weighted by molar-refractivity contribution is 0.122. The fourth-order valence-electron chi connectivity index (χ4n) is 2.98. The highest BCUT2D eigenvalue weighted by Gasteiger charge is 2.38. The third kappa shape index (κ3) is 2.21. The Morgan fingerprint density at radius 3 is 2.40 bits per heavy atom. The highest BCUT2D eigenvalue weighted by Crippen LogP contribution is 2.38. The molecule has 1 aliphatic carbocycles. The molecule has 0 spiro atoms. The summed E-state index contributed by atoms with van der Waals surface area (Å²) < 4.78 is 0. The number of isocyanates is 1. The monoisotopic (exact) mass is 209 g/mol. The molecule has 4 nitrogen and oxygen atoms in total. The first-order valence-corrected chi connectivity index (χ1v) is 5.86. The van der Waals surface area contributed by atoms with E-state index in [9.17, 15) is 4.79 Å². The quantitative estimate of drug-likeness (QED) is 0.549. The van der Waals surface area contributed by atoms with Crippen molar-refractivity contribution in [3.8, 4) is 0 Å². The first kappa shape index (κ1) is 10.7. The third-order valence-electron chi connectivity index (χ3n) is 4.02. The van der Waals surface area contributed by atoms with Crippen LogP contribution in [0.2, 0.25) is 0 Å². The summed E-state index contributed by atoms with van der Waals surface area (Å²) in [6.07, 6.45) is 8.75. The van der Waals surface area contributed by atoms with E-state index in [1.165, 1.54) is 25.7 Å². The normalized spacial score (nSPS) is 26.3. The predicted octanol–water partition coefficient (Wildman–Crippen LogP) is 1.22. The second-order valence-corrected chi connectivity index (χ2v) is 4.86. The van der Waals surface area contributed by atoms with Gasteiger partial charge in [-0.2, -0.15) is 0 Å². The molecule has 4 heteroatoms. The van der Waals surface area contributed by atoms with Crippen LogP contribution in [0.15, 0.2) is 5.10 Å². The van der Waals surface area contributed by atoms with Gasteiger partial charge in [-0.25, -0.2) is 4.79 Å². The van der Waals surface area contributed by atoms with Crippen molar-refractivity contribution in [2.45, 2.75) is 44.1 Å². The van der Waals surface area contributed by atoms with Gasteiger partial charge in [0.15, 0.2) is 0 Å². The Balaban J connectivity index is 1.92. The summed E-state index contributed by atoms with van der Waals surface area (Å²) in [4.78, 5) is 10.1. The van der Waals surface area contributed by atoms with Crippen LogP contribution in [0.1, 0.15) is 38.5 Å². The maximum absolute atomic E-state index is 10.1. The number of hydrogen-bond donors (Lipinski definition) is 1. The van der Waals surface area contributed by atoms with Gasteiger partial charge < -0.3 is 5.73 Å². The van der Waals surface area contributed by atoms with E-state index in [2.05, 4.69) is 5.10 Å². The second-order valence-electron chi connectivity index (χ2n) is 4.86. The molecule has 2 rings (SSSR count). The Morgan fingerprint density at radius 2 is 1.87 bits per heavy atom. The van der Waals surface area contributed by atoms with Gasteiger partial charge in [0, 0.05) is 18.6 Å². The molecule has 1 saturated heterocycles. The Bertz CT molecular complexity index is 259. The summed E-state index contributed by atoms with van der Waals surface area (Å²) in [5.41, 5.74) is 6.46. The first-order valence-electron chi connectivity index (χ1n) is 5.86. The lowest BCUT2D eigenvalue weighted by Crippen LogP contribution is -2.53. The minimum atomic E-state index is 0.00536. The van der Waals surface area contributed by atoms with Crippen LogP contribution < -0.4 is 5.73 Å². The first-order chi connectivity index (χ1) is 7.24.